The lowest BCUT2D eigenvalue weighted by Crippen LogP contribution is -2.54. The molecule has 1 aliphatic heterocycles. The zero-order valence-electron chi connectivity index (χ0n) is 18.2. The molecule has 0 aliphatic carbocycles. The zero-order valence-corrected chi connectivity index (χ0v) is 18.2. The molecule has 1 aliphatic rings. The van der Waals surface area contributed by atoms with E-state index in [9.17, 15) is 19.2 Å². The van der Waals surface area contributed by atoms with Gasteiger partial charge < -0.3 is 18.9 Å². The van der Waals surface area contributed by atoms with Gasteiger partial charge in [-0.25, -0.2) is 14.5 Å². The standard InChI is InChI=1S/C23H22N2O8/c1-4-32-16-8-6-15(7-9-16)25-22(28)17(21(27)24-23(25)29)11-14-5-10-18(19(12-14)30-2)33-13-20(26)31-3/h5-12H,4,13H2,1-3H3,(H,24,27,29). The van der Waals surface area contributed by atoms with Crippen LogP contribution in [0.5, 0.6) is 17.2 Å². The van der Waals surface area contributed by atoms with Crippen molar-refractivity contribution in [1.82, 2.24) is 5.32 Å². The lowest BCUT2D eigenvalue weighted by molar-refractivity contribution is -0.143. The molecular formula is C23H22N2O8. The molecule has 0 saturated carbocycles. The van der Waals surface area contributed by atoms with Gasteiger partial charge in [0.05, 0.1) is 26.5 Å². The molecule has 0 radical (unpaired) electrons. The molecule has 2 aromatic rings. The second kappa shape index (κ2) is 10.3. The third kappa shape index (κ3) is 5.29. The first-order chi connectivity index (χ1) is 15.9. The molecule has 33 heavy (non-hydrogen) atoms. The van der Waals surface area contributed by atoms with Gasteiger partial charge in [-0.3, -0.25) is 14.9 Å². The second-order valence-corrected chi connectivity index (χ2v) is 6.66. The van der Waals surface area contributed by atoms with Crippen LogP contribution in [0.1, 0.15) is 12.5 Å². The molecule has 0 atom stereocenters. The van der Waals surface area contributed by atoms with Crippen LogP contribution < -0.4 is 24.4 Å². The highest BCUT2D eigenvalue weighted by atomic mass is 16.6. The number of imide groups is 2. The van der Waals surface area contributed by atoms with Crippen molar-refractivity contribution >= 4 is 35.6 Å². The van der Waals surface area contributed by atoms with Crippen molar-refractivity contribution in [1.29, 1.82) is 0 Å². The average Bonchev–Trinajstić information content (AvgIpc) is 2.81. The number of benzene rings is 2. The van der Waals surface area contributed by atoms with Gasteiger partial charge in [-0.2, -0.15) is 0 Å². The zero-order chi connectivity index (χ0) is 24.0. The van der Waals surface area contributed by atoms with Gasteiger partial charge >= 0.3 is 12.0 Å². The number of barbiturate groups is 1. The largest absolute Gasteiger partial charge is 0.494 e. The molecule has 2 aromatic carbocycles. The maximum atomic E-state index is 13.0. The van der Waals surface area contributed by atoms with Crippen LogP contribution in [0.3, 0.4) is 0 Å². The number of methoxy groups -OCH3 is 2. The summed E-state index contributed by atoms with van der Waals surface area (Å²) >= 11 is 0. The Kier molecular flexibility index (Phi) is 7.29. The Morgan fingerprint density at radius 3 is 2.36 bits per heavy atom. The normalized spacial score (nSPS) is 14.7. The second-order valence-electron chi connectivity index (χ2n) is 6.66. The lowest BCUT2D eigenvalue weighted by atomic mass is 10.1. The van der Waals surface area contributed by atoms with Gasteiger partial charge in [0, 0.05) is 0 Å². The van der Waals surface area contributed by atoms with Gasteiger partial charge in [-0.15, -0.1) is 0 Å². The average molecular weight is 454 g/mol. The van der Waals surface area contributed by atoms with Crippen LogP contribution in [0, 0.1) is 0 Å². The third-order valence-corrected chi connectivity index (χ3v) is 4.58. The summed E-state index contributed by atoms with van der Waals surface area (Å²) in [6.45, 7) is 2.00. The van der Waals surface area contributed by atoms with E-state index < -0.39 is 23.8 Å². The van der Waals surface area contributed by atoms with Crippen molar-refractivity contribution in [3.63, 3.8) is 0 Å². The summed E-state index contributed by atoms with van der Waals surface area (Å²) in [6, 6.07) is 10.1. The lowest BCUT2D eigenvalue weighted by Gasteiger charge is -2.26. The highest BCUT2D eigenvalue weighted by Crippen LogP contribution is 2.30. The van der Waals surface area contributed by atoms with Gasteiger partial charge in [0.2, 0.25) is 0 Å². The molecule has 1 heterocycles. The number of amides is 4. The fourth-order valence-electron chi connectivity index (χ4n) is 3.01. The molecule has 1 saturated heterocycles. The number of nitrogens with one attached hydrogen (secondary N) is 1. The fraction of sp³-hybridized carbons (Fsp3) is 0.217. The third-order valence-electron chi connectivity index (χ3n) is 4.58. The van der Waals surface area contributed by atoms with E-state index in [0.717, 1.165) is 4.90 Å². The minimum Gasteiger partial charge on any atom is -0.494 e. The molecule has 10 heteroatoms. The first kappa shape index (κ1) is 23.3. The number of carbonyl (C=O) groups is 4. The van der Waals surface area contributed by atoms with Crippen molar-refractivity contribution < 1.29 is 38.1 Å². The van der Waals surface area contributed by atoms with E-state index in [1.165, 1.54) is 32.4 Å². The summed E-state index contributed by atoms with van der Waals surface area (Å²) in [4.78, 5) is 49.9. The Balaban J connectivity index is 1.88. The van der Waals surface area contributed by atoms with Gasteiger partial charge in [0.1, 0.15) is 11.3 Å². The van der Waals surface area contributed by atoms with Crippen LogP contribution in [-0.4, -0.2) is 51.2 Å². The number of urea groups is 1. The fourth-order valence-corrected chi connectivity index (χ4v) is 3.01. The number of anilines is 1. The van der Waals surface area contributed by atoms with Crippen molar-refractivity contribution in [3.05, 3.63) is 53.6 Å². The molecule has 0 unspecified atom stereocenters. The summed E-state index contributed by atoms with van der Waals surface area (Å²) in [6.07, 6.45) is 1.33. The molecule has 0 bridgehead atoms. The predicted molar refractivity (Wildman–Crippen MR) is 117 cm³/mol. The van der Waals surface area contributed by atoms with Crippen LogP contribution >= 0.6 is 0 Å². The number of rotatable bonds is 8. The molecule has 1 N–H and O–H groups in total. The van der Waals surface area contributed by atoms with E-state index >= 15 is 0 Å². The summed E-state index contributed by atoms with van der Waals surface area (Å²) in [7, 11) is 2.65. The molecule has 1 fully saturated rings. The molecule has 0 spiro atoms. The Morgan fingerprint density at radius 1 is 1.00 bits per heavy atom. The highest BCUT2D eigenvalue weighted by molar-refractivity contribution is 6.39. The number of carbonyl (C=O) groups excluding carboxylic acids is 4. The van der Waals surface area contributed by atoms with E-state index in [4.69, 9.17) is 14.2 Å². The van der Waals surface area contributed by atoms with Crippen molar-refractivity contribution in [2.75, 3.05) is 32.3 Å². The Labute approximate surface area is 189 Å². The Morgan fingerprint density at radius 2 is 1.73 bits per heavy atom. The summed E-state index contributed by atoms with van der Waals surface area (Å²) in [5.41, 5.74) is 0.481. The Hall–Kier alpha value is -4.34. The van der Waals surface area contributed by atoms with Gasteiger partial charge in [0.15, 0.2) is 18.1 Å². The molecule has 4 amide bonds. The monoisotopic (exact) mass is 454 g/mol. The highest BCUT2D eigenvalue weighted by Gasteiger charge is 2.36. The van der Waals surface area contributed by atoms with E-state index in [2.05, 4.69) is 10.1 Å². The van der Waals surface area contributed by atoms with Crippen LogP contribution in [0.2, 0.25) is 0 Å². The smallest absolute Gasteiger partial charge is 0.343 e. The first-order valence-corrected chi connectivity index (χ1v) is 9.90. The summed E-state index contributed by atoms with van der Waals surface area (Å²) in [5, 5.41) is 2.17. The minimum absolute atomic E-state index is 0.242. The number of nitrogens with zero attached hydrogens (tertiary/aromatic N) is 1. The SMILES string of the molecule is CCOc1ccc(N2C(=O)NC(=O)C(=Cc3ccc(OCC(=O)OC)c(OC)c3)C2=O)cc1. The predicted octanol–water partition coefficient (Wildman–Crippen LogP) is 2.31. The van der Waals surface area contributed by atoms with Crippen molar-refractivity contribution in [3.8, 4) is 17.2 Å². The van der Waals surface area contributed by atoms with E-state index in [0.29, 0.717) is 17.9 Å². The topological polar surface area (TPSA) is 120 Å². The summed E-state index contributed by atoms with van der Waals surface area (Å²) in [5.74, 6) is -1.03. The van der Waals surface area contributed by atoms with Crippen LogP contribution in [0.25, 0.3) is 6.08 Å². The molecule has 172 valence electrons. The first-order valence-electron chi connectivity index (χ1n) is 9.90. The van der Waals surface area contributed by atoms with Crippen LogP contribution in [-0.2, 0) is 19.1 Å². The van der Waals surface area contributed by atoms with Crippen molar-refractivity contribution in [2.24, 2.45) is 0 Å². The maximum Gasteiger partial charge on any atom is 0.343 e. The number of hydrogen-bond donors (Lipinski definition) is 1. The molecule has 3 rings (SSSR count). The molecule has 0 aromatic heterocycles. The number of esters is 1. The number of hydrogen-bond acceptors (Lipinski definition) is 8. The minimum atomic E-state index is -0.851. The van der Waals surface area contributed by atoms with Crippen LogP contribution in [0.4, 0.5) is 10.5 Å². The maximum absolute atomic E-state index is 13.0. The quantitative estimate of drug-likeness (QED) is 0.367. The van der Waals surface area contributed by atoms with Crippen molar-refractivity contribution in [2.45, 2.75) is 6.92 Å². The molecular weight excluding hydrogens is 432 g/mol. The van der Waals surface area contributed by atoms with E-state index in [-0.39, 0.29) is 29.4 Å². The Bertz CT molecular complexity index is 1110. The molecule has 10 nitrogen and oxygen atoms in total. The van der Waals surface area contributed by atoms with Gasteiger partial charge in [-0.05, 0) is 55.0 Å². The van der Waals surface area contributed by atoms with E-state index in [1.807, 2.05) is 6.92 Å². The van der Waals surface area contributed by atoms with E-state index in [1.54, 1.807) is 30.3 Å². The van der Waals surface area contributed by atoms with Gasteiger partial charge in [0.25, 0.3) is 11.8 Å². The van der Waals surface area contributed by atoms with Gasteiger partial charge in [-0.1, -0.05) is 6.07 Å². The summed E-state index contributed by atoms with van der Waals surface area (Å²) < 4.78 is 20.5. The van der Waals surface area contributed by atoms with Crippen LogP contribution in [0.15, 0.2) is 48.0 Å². The number of ether oxygens (including phenoxy) is 4.